The normalized spacial score (nSPS) is 16.4. The third-order valence-corrected chi connectivity index (χ3v) is 3.77. The Labute approximate surface area is 136 Å². The van der Waals surface area contributed by atoms with Gasteiger partial charge in [-0.05, 0) is 49.7 Å². The Morgan fingerprint density at radius 3 is 2.96 bits per heavy atom. The van der Waals surface area contributed by atoms with E-state index >= 15 is 0 Å². The number of nitrogens with zero attached hydrogens (tertiary/aromatic N) is 1. The molecule has 120 valence electrons. The zero-order valence-electron chi connectivity index (χ0n) is 13.4. The van der Waals surface area contributed by atoms with Crippen molar-refractivity contribution in [2.45, 2.75) is 20.0 Å². The number of carbonyl (C=O) groups excluding carboxylic acids is 1. The van der Waals surface area contributed by atoms with Gasteiger partial charge in [-0.2, -0.15) is 0 Å². The first-order chi connectivity index (χ1) is 11.0. The molecule has 0 aliphatic carbocycles. The van der Waals surface area contributed by atoms with Crippen LogP contribution in [0.5, 0.6) is 5.75 Å². The van der Waals surface area contributed by atoms with Crippen molar-refractivity contribution >= 4 is 23.0 Å². The quantitative estimate of drug-likeness (QED) is 0.855. The van der Waals surface area contributed by atoms with E-state index in [9.17, 15) is 4.79 Å². The van der Waals surface area contributed by atoms with Gasteiger partial charge in [0, 0.05) is 11.4 Å². The van der Waals surface area contributed by atoms with E-state index in [4.69, 9.17) is 10.5 Å². The van der Waals surface area contributed by atoms with Crippen molar-refractivity contribution in [1.82, 2.24) is 0 Å². The smallest absolute Gasteiger partial charge is 0.243 e. The van der Waals surface area contributed by atoms with Crippen molar-refractivity contribution in [3.05, 3.63) is 48.0 Å². The van der Waals surface area contributed by atoms with Gasteiger partial charge in [-0.15, -0.1) is 0 Å². The predicted molar refractivity (Wildman–Crippen MR) is 93.0 cm³/mol. The lowest BCUT2D eigenvalue weighted by Gasteiger charge is -2.34. The van der Waals surface area contributed by atoms with Gasteiger partial charge in [0.15, 0.2) is 0 Å². The highest BCUT2D eigenvalue weighted by molar-refractivity contribution is 5.94. The molecule has 5 nitrogen and oxygen atoms in total. The molecule has 0 saturated heterocycles. The number of nitrogens with one attached hydrogen (secondary N) is 1. The van der Waals surface area contributed by atoms with Crippen LogP contribution < -0.4 is 20.7 Å². The highest BCUT2D eigenvalue weighted by Gasteiger charge is 2.24. The Balaban J connectivity index is 1.75. The second kappa shape index (κ2) is 6.20. The minimum atomic E-state index is -0.0573. The Bertz CT molecular complexity index is 730. The number of nitrogens with two attached hydrogens (primary N) is 1. The summed E-state index contributed by atoms with van der Waals surface area (Å²) >= 11 is 0. The first kappa shape index (κ1) is 15.2. The van der Waals surface area contributed by atoms with Gasteiger partial charge in [-0.25, -0.2) is 0 Å². The molecule has 3 N–H and O–H groups in total. The molecular weight excluding hydrogens is 290 g/mol. The number of ether oxygens (including phenoxy) is 1. The Kier molecular flexibility index (Phi) is 4.10. The van der Waals surface area contributed by atoms with Crippen LogP contribution in [0.1, 0.15) is 12.5 Å². The van der Waals surface area contributed by atoms with Gasteiger partial charge in [-0.1, -0.05) is 12.1 Å². The largest absolute Gasteiger partial charge is 0.487 e. The Hall–Kier alpha value is -2.69. The summed E-state index contributed by atoms with van der Waals surface area (Å²) in [5.74, 6) is 0.708. The minimum Gasteiger partial charge on any atom is -0.487 e. The summed E-state index contributed by atoms with van der Waals surface area (Å²) < 4.78 is 5.80. The molecule has 0 bridgehead atoms. The van der Waals surface area contributed by atoms with Crippen molar-refractivity contribution < 1.29 is 9.53 Å². The fourth-order valence-corrected chi connectivity index (χ4v) is 2.79. The van der Waals surface area contributed by atoms with Crippen LogP contribution in [0.3, 0.4) is 0 Å². The van der Waals surface area contributed by atoms with Crippen LogP contribution in [0.4, 0.5) is 17.1 Å². The second-order valence-electron chi connectivity index (χ2n) is 5.95. The van der Waals surface area contributed by atoms with Crippen LogP contribution in [0.2, 0.25) is 0 Å². The Morgan fingerprint density at radius 1 is 1.35 bits per heavy atom. The lowest BCUT2D eigenvalue weighted by Crippen LogP contribution is -2.42. The number of amides is 1. The number of fused-ring (bicyclic) bond motifs is 1. The van der Waals surface area contributed by atoms with Gasteiger partial charge in [0.25, 0.3) is 0 Å². The lowest BCUT2D eigenvalue weighted by molar-refractivity contribution is -0.115. The third-order valence-electron chi connectivity index (χ3n) is 3.77. The van der Waals surface area contributed by atoms with Crippen molar-refractivity contribution in [3.8, 4) is 5.75 Å². The summed E-state index contributed by atoms with van der Waals surface area (Å²) in [7, 11) is 0. The molecule has 1 heterocycles. The summed E-state index contributed by atoms with van der Waals surface area (Å²) in [5, 5.41) is 2.94. The average molecular weight is 311 g/mol. The van der Waals surface area contributed by atoms with Crippen LogP contribution in [0.25, 0.3) is 0 Å². The molecule has 1 unspecified atom stereocenters. The lowest BCUT2D eigenvalue weighted by atomic mass is 10.1. The van der Waals surface area contributed by atoms with Crippen molar-refractivity contribution in [2.24, 2.45) is 0 Å². The molecule has 2 aromatic carbocycles. The molecule has 0 radical (unpaired) electrons. The summed E-state index contributed by atoms with van der Waals surface area (Å²) in [4.78, 5) is 14.4. The topological polar surface area (TPSA) is 67.6 Å². The maximum absolute atomic E-state index is 12.4. The standard InChI is InChI=1S/C18H21N3O2/c1-12-4-3-5-15(8-12)20-18(22)11-21-10-13(2)23-17-7-6-14(19)9-16(17)21/h3-9,13H,10-11,19H2,1-2H3,(H,20,22). The average Bonchev–Trinajstić information content (AvgIpc) is 2.48. The first-order valence-electron chi connectivity index (χ1n) is 7.69. The zero-order valence-corrected chi connectivity index (χ0v) is 13.4. The number of anilines is 3. The number of benzene rings is 2. The number of carbonyl (C=O) groups is 1. The van der Waals surface area contributed by atoms with Crippen LogP contribution in [0, 0.1) is 6.92 Å². The second-order valence-corrected chi connectivity index (χ2v) is 5.95. The molecule has 1 aliphatic rings. The number of nitrogen functional groups attached to an aromatic ring is 1. The van der Waals surface area contributed by atoms with Crippen LogP contribution in [-0.2, 0) is 4.79 Å². The molecule has 1 aliphatic heterocycles. The van der Waals surface area contributed by atoms with E-state index < -0.39 is 0 Å². The van der Waals surface area contributed by atoms with E-state index in [1.54, 1.807) is 0 Å². The van der Waals surface area contributed by atoms with E-state index in [1.165, 1.54) is 0 Å². The number of rotatable bonds is 3. The summed E-state index contributed by atoms with van der Waals surface area (Å²) in [6.07, 6.45) is 0.0258. The van der Waals surface area contributed by atoms with E-state index in [-0.39, 0.29) is 18.6 Å². The molecule has 1 atom stereocenters. The third kappa shape index (κ3) is 3.56. The van der Waals surface area contributed by atoms with Gasteiger partial charge in [0.2, 0.25) is 5.91 Å². The molecule has 2 aromatic rings. The molecule has 0 saturated carbocycles. The van der Waals surface area contributed by atoms with Gasteiger partial charge in [0.05, 0.1) is 18.8 Å². The predicted octanol–water partition coefficient (Wildman–Crippen LogP) is 2.80. The van der Waals surface area contributed by atoms with E-state index in [0.717, 1.165) is 22.7 Å². The SMILES string of the molecule is Cc1cccc(NC(=O)CN2CC(C)Oc3ccc(N)cc32)c1. The molecule has 0 fully saturated rings. The van der Waals surface area contributed by atoms with Crippen LogP contribution in [-0.4, -0.2) is 25.1 Å². The molecular formula is C18H21N3O2. The number of hydrogen-bond donors (Lipinski definition) is 2. The molecule has 5 heteroatoms. The fraction of sp³-hybridized carbons (Fsp3) is 0.278. The minimum absolute atomic E-state index is 0.0258. The number of aryl methyl sites for hydroxylation is 1. The monoisotopic (exact) mass is 311 g/mol. The summed E-state index contributed by atoms with van der Waals surface area (Å²) in [5.41, 5.74) is 9.31. The van der Waals surface area contributed by atoms with E-state index in [2.05, 4.69) is 5.32 Å². The molecule has 23 heavy (non-hydrogen) atoms. The van der Waals surface area contributed by atoms with Crippen LogP contribution in [0.15, 0.2) is 42.5 Å². The van der Waals surface area contributed by atoms with Crippen molar-refractivity contribution in [3.63, 3.8) is 0 Å². The van der Waals surface area contributed by atoms with Crippen LogP contribution >= 0.6 is 0 Å². The van der Waals surface area contributed by atoms with E-state index in [1.807, 2.05) is 61.2 Å². The maximum Gasteiger partial charge on any atom is 0.243 e. The molecule has 0 aromatic heterocycles. The van der Waals surface area contributed by atoms with Crippen molar-refractivity contribution in [2.75, 3.05) is 29.0 Å². The highest BCUT2D eigenvalue weighted by Crippen LogP contribution is 2.34. The molecule has 1 amide bonds. The number of hydrogen-bond acceptors (Lipinski definition) is 4. The Morgan fingerprint density at radius 2 is 2.17 bits per heavy atom. The van der Waals surface area contributed by atoms with E-state index in [0.29, 0.717) is 12.2 Å². The summed E-state index contributed by atoms with van der Waals surface area (Å²) in [6.45, 7) is 4.90. The highest BCUT2D eigenvalue weighted by atomic mass is 16.5. The fourth-order valence-electron chi connectivity index (χ4n) is 2.79. The maximum atomic E-state index is 12.4. The van der Waals surface area contributed by atoms with Gasteiger partial charge in [-0.3, -0.25) is 4.79 Å². The van der Waals surface area contributed by atoms with Crippen molar-refractivity contribution in [1.29, 1.82) is 0 Å². The zero-order chi connectivity index (χ0) is 16.4. The summed E-state index contributed by atoms with van der Waals surface area (Å²) in [6, 6.07) is 13.3. The first-order valence-corrected chi connectivity index (χ1v) is 7.69. The molecule has 0 spiro atoms. The van der Waals surface area contributed by atoms with Gasteiger partial charge < -0.3 is 20.7 Å². The molecule has 3 rings (SSSR count). The van der Waals surface area contributed by atoms with Gasteiger partial charge in [0.1, 0.15) is 11.9 Å². The van der Waals surface area contributed by atoms with Gasteiger partial charge >= 0.3 is 0 Å².